The Morgan fingerprint density at radius 1 is 1.02 bits per heavy atom. The van der Waals surface area contributed by atoms with E-state index in [1.54, 1.807) is 31.9 Å². The average molecular weight is 562 g/mol. The Labute approximate surface area is 237 Å². The van der Waals surface area contributed by atoms with Gasteiger partial charge in [0, 0.05) is 51.1 Å². The minimum atomic E-state index is -1.05. The lowest BCUT2D eigenvalue weighted by Gasteiger charge is -2.60. The summed E-state index contributed by atoms with van der Waals surface area (Å²) in [6, 6.07) is -1.59. The highest BCUT2D eigenvalue weighted by molar-refractivity contribution is 6.50. The van der Waals surface area contributed by atoms with Crippen molar-refractivity contribution in [3.8, 4) is 6.07 Å². The monoisotopic (exact) mass is 561 g/mol. The van der Waals surface area contributed by atoms with E-state index in [0.29, 0.717) is 11.1 Å². The Morgan fingerprint density at radius 2 is 1.68 bits per heavy atom. The Hall–Kier alpha value is -4.14. The van der Waals surface area contributed by atoms with Gasteiger partial charge in [0.05, 0.1) is 25.3 Å². The van der Waals surface area contributed by atoms with Crippen molar-refractivity contribution in [2.24, 2.45) is 0 Å². The molecule has 5 atom stereocenters. The topological polar surface area (TPSA) is 154 Å². The van der Waals surface area contributed by atoms with Crippen molar-refractivity contribution < 1.29 is 38.6 Å². The van der Waals surface area contributed by atoms with Gasteiger partial charge in [-0.15, -0.1) is 0 Å². The Kier molecular flexibility index (Phi) is 6.96. The van der Waals surface area contributed by atoms with Crippen molar-refractivity contribution >= 4 is 29.1 Å². The van der Waals surface area contributed by atoms with Crippen LogP contribution in [-0.2, 0) is 33.4 Å². The van der Waals surface area contributed by atoms with Crippen molar-refractivity contribution in [3.63, 3.8) is 0 Å². The Bertz CT molecular complexity index is 1530. The van der Waals surface area contributed by atoms with Crippen LogP contribution >= 0.6 is 0 Å². The highest BCUT2D eigenvalue weighted by Gasteiger charge is 2.59. The molecule has 3 heterocycles. The van der Waals surface area contributed by atoms with E-state index < -0.39 is 53.5 Å². The van der Waals surface area contributed by atoms with Gasteiger partial charge < -0.3 is 14.6 Å². The number of ether oxygens (including phenoxy) is 2. The lowest BCUT2D eigenvalue weighted by Crippen LogP contribution is -2.74. The Morgan fingerprint density at radius 3 is 2.29 bits per heavy atom. The van der Waals surface area contributed by atoms with Gasteiger partial charge in [0.15, 0.2) is 11.5 Å². The molecule has 1 fully saturated rings. The Balaban J connectivity index is 1.71. The fraction of sp³-hybridized carbons (Fsp3) is 0.467. The van der Waals surface area contributed by atoms with Crippen LogP contribution in [0.4, 0.5) is 0 Å². The highest BCUT2D eigenvalue weighted by atomic mass is 16.5. The van der Waals surface area contributed by atoms with Crippen LogP contribution < -0.4 is 0 Å². The van der Waals surface area contributed by atoms with Crippen molar-refractivity contribution in [1.82, 2.24) is 9.80 Å². The first kappa shape index (κ1) is 28.4. The van der Waals surface area contributed by atoms with Gasteiger partial charge in [0.2, 0.25) is 17.3 Å². The van der Waals surface area contributed by atoms with Gasteiger partial charge in [-0.2, -0.15) is 5.26 Å². The van der Waals surface area contributed by atoms with Gasteiger partial charge in [0.25, 0.3) is 0 Å². The molecule has 2 unspecified atom stereocenters. The molecule has 1 saturated heterocycles. The maximum Gasteiger partial charge on any atom is 0.333 e. The number of rotatable bonds is 4. The van der Waals surface area contributed by atoms with E-state index in [1.165, 1.54) is 21.0 Å². The molecule has 214 valence electrons. The third-order valence-corrected chi connectivity index (χ3v) is 9.16. The number of allylic oxidation sites excluding steroid dienone is 5. The van der Waals surface area contributed by atoms with Gasteiger partial charge >= 0.3 is 5.97 Å². The van der Waals surface area contributed by atoms with E-state index in [4.69, 9.17) is 9.47 Å². The number of methoxy groups -OCH3 is 1. The quantitative estimate of drug-likeness (QED) is 0.175. The molecule has 0 aromatic rings. The second-order valence-electron chi connectivity index (χ2n) is 11.0. The van der Waals surface area contributed by atoms with Crippen molar-refractivity contribution in [2.75, 3.05) is 20.8 Å². The zero-order chi connectivity index (χ0) is 30.1. The van der Waals surface area contributed by atoms with Crippen molar-refractivity contribution in [2.45, 2.75) is 70.7 Å². The molecule has 0 amide bonds. The molecular weight excluding hydrogens is 530 g/mol. The van der Waals surface area contributed by atoms with Crippen LogP contribution in [0.25, 0.3) is 0 Å². The molecule has 3 aliphatic heterocycles. The molecule has 41 heavy (non-hydrogen) atoms. The van der Waals surface area contributed by atoms with Crippen LogP contribution in [0.3, 0.4) is 0 Å². The predicted octanol–water partition coefficient (Wildman–Crippen LogP) is 1.57. The normalized spacial score (nSPS) is 30.8. The van der Waals surface area contributed by atoms with Gasteiger partial charge in [-0.3, -0.25) is 29.0 Å². The number of hydrogen-bond donors (Lipinski definition) is 1. The number of aliphatic hydroxyl groups excluding tert-OH is 1. The first-order chi connectivity index (χ1) is 19.4. The summed E-state index contributed by atoms with van der Waals surface area (Å²) in [5.74, 6) is -3.46. The second-order valence-corrected chi connectivity index (χ2v) is 11.0. The number of carbonyl (C=O) groups is 5. The number of piperazine rings is 1. The van der Waals surface area contributed by atoms with Crippen molar-refractivity contribution in [1.29, 1.82) is 5.26 Å². The first-order valence-corrected chi connectivity index (χ1v) is 13.4. The molecule has 0 aromatic heterocycles. The summed E-state index contributed by atoms with van der Waals surface area (Å²) in [4.78, 5) is 69.8. The predicted molar refractivity (Wildman–Crippen MR) is 143 cm³/mol. The standard InChI is InChI=1S/C30H31N3O8/c1-7-12(2)30(39)41-11-20-21-15(24(34)13(3)26(36)27(21)37)9-18-23-22-16(25(35)14(4)29(40-6)28(22)38)8-17(32(23)5)19(10-31)33(18)20/h7,17-20,23,34H,8-9,11H2,1-6H3/b12-7-/t17-,18?,19-,20?,23-/m0/s1. The van der Waals surface area contributed by atoms with E-state index in [1.807, 2.05) is 4.90 Å². The van der Waals surface area contributed by atoms with Gasteiger partial charge in [-0.1, -0.05) is 6.08 Å². The van der Waals surface area contributed by atoms with E-state index >= 15 is 0 Å². The summed E-state index contributed by atoms with van der Waals surface area (Å²) in [5.41, 5.74) is 1.21. The fourth-order valence-electron chi connectivity index (χ4n) is 6.93. The highest BCUT2D eigenvalue weighted by Crippen LogP contribution is 2.49. The summed E-state index contributed by atoms with van der Waals surface area (Å²) >= 11 is 0. The third kappa shape index (κ3) is 3.89. The molecule has 0 aromatic carbocycles. The number of Topliss-reactive ketones (excluding diaryl/α,β-unsaturated/α-hetero) is 4. The summed E-state index contributed by atoms with van der Waals surface area (Å²) < 4.78 is 10.9. The molecule has 2 aliphatic carbocycles. The van der Waals surface area contributed by atoms with E-state index in [0.717, 1.165) is 0 Å². The number of esters is 1. The minimum Gasteiger partial charge on any atom is -0.507 e. The molecule has 5 rings (SSSR count). The molecule has 0 radical (unpaired) electrons. The van der Waals surface area contributed by atoms with E-state index in [9.17, 15) is 34.3 Å². The van der Waals surface area contributed by atoms with Crippen LogP contribution in [0, 0.1) is 11.3 Å². The zero-order valence-corrected chi connectivity index (χ0v) is 23.7. The molecular formula is C30H31N3O8. The fourth-order valence-corrected chi connectivity index (χ4v) is 6.93. The molecule has 11 heteroatoms. The largest absolute Gasteiger partial charge is 0.507 e. The van der Waals surface area contributed by atoms with Crippen molar-refractivity contribution in [3.05, 3.63) is 56.6 Å². The first-order valence-electron chi connectivity index (χ1n) is 13.4. The lowest BCUT2D eigenvalue weighted by atomic mass is 9.67. The summed E-state index contributed by atoms with van der Waals surface area (Å²) in [7, 11) is 3.11. The molecule has 0 spiro atoms. The van der Waals surface area contributed by atoms with Crippen LogP contribution in [0.15, 0.2) is 56.6 Å². The number of carbonyl (C=O) groups excluding carboxylic acids is 5. The number of ketones is 4. The lowest BCUT2D eigenvalue weighted by molar-refractivity contribution is -0.144. The van der Waals surface area contributed by atoms with E-state index in [2.05, 4.69) is 6.07 Å². The summed E-state index contributed by atoms with van der Waals surface area (Å²) in [5, 5.41) is 21.6. The van der Waals surface area contributed by atoms with Crippen LogP contribution in [-0.4, -0.2) is 95.0 Å². The van der Waals surface area contributed by atoms with Gasteiger partial charge in [0.1, 0.15) is 18.4 Å². The van der Waals surface area contributed by atoms with E-state index in [-0.39, 0.29) is 64.6 Å². The van der Waals surface area contributed by atoms with Gasteiger partial charge in [-0.25, -0.2) is 4.79 Å². The summed E-state index contributed by atoms with van der Waals surface area (Å²) in [6.45, 7) is 5.78. The maximum atomic E-state index is 13.8. The van der Waals surface area contributed by atoms with Crippen LogP contribution in [0.5, 0.6) is 0 Å². The molecule has 2 bridgehead atoms. The second kappa shape index (κ2) is 10.0. The smallest absolute Gasteiger partial charge is 0.333 e. The molecule has 1 N–H and O–H groups in total. The third-order valence-electron chi connectivity index (χ3n) is 9.16. The molecule has 11 nitrogen and oxygen atoms in total. The number of likely N-dealkylation sites (N-methyl/N-ethyl adjacent to an activating group) is 1. The number of fused-ring (bicyclic) bond motifs is 5. The number of nitriles is 1. The van der Waals surface area contributed by atoms with Gasteiger partial charge in [-0.05, 0) is 47.6 Å². The maximum absolute atomic E-state index is 13.8. The molecule has 5 aliphatic rings. The average Bonchev–Trinajstić information content (AvgIpc) is 2.96. The SMILES string of the molecule is C/C=C(/C)C(=O)OCC1C2=C(CC3[C@H]4C5=C(C[C@@H]([C@H](C#N)N13)N4C)C(=O)C(C)=C(OC)C5=O)C(O)=C(C)C(=O)C2=O. The van der Waals surface area contributed by atoms with Crippen LogP contribution in [0.1, 0.15) is 40.5 Å². The van der Waals surface area contributed by atoms with Crippen LogP contribution in [0.2, 0.25) is 0 Å². The number of aliphatic hydroxyl groups is 1. The minimum absolute atomic E-state index is 0.0129. The summed E-state index contributed by atoms with van der Waals surface area (Å²) in [6.07, 6.45) is 1.69. The number of hydrogen-bond acceptors (Lipinski definition) is 11. The number of nitrogens with zero attached hydrogens (tertiary/aromatic N) is 3. The molecule has 0 saturated carbocycles. The zero-order valence-electron chi connectivity index (χ0n) is 23.7.